The molecule has 0 amide bonds. The maximum Gasteiger partial charge on any atom is 0.242 e. The summed E-state index contributed by atoms with van der Waals surface area (Å²) in [6.07, 6.45) is 1.94. The van der Waals surface area contributed by atoms with E-state index in [1.54, 1.807) is 0 Å². The molecule has 0 radical (unpaired) electrons. The number of benzene rings is 1. The lowest BCUT2D eigenvalue weighted by Crippen LogP contribution is -1.87. The molecule has 0 atom stereocenters. The third-order valence-electron chi connectivity index (χ3n) is 1.90. The molecule has 0 fully saturated rings. The molecule has 2 aromatic rings. The quantitative estimate of drug-likeness (QED) is 0.559. The van der Waals surface area contributed by atoms with Crippen molar-refractivity contribution in [2.75, 3.05) is 0 Å². The molecule has 0 bridgehead atoms. The largest absolute Gasteiger partial charge is 0.242 e. The highest BCUT2D eigenvalue weighted by molar-refractivity contribution is 5.46. The van der Waals surface area contributed by atoms with Crippen molar-refractivity contribution < 1.29 is 9.42 Å². The zero-order valence-electron chi connectivity index (χ0n) is 7.75. The highest BCUT2D eigenvalue weighted by atomic mass is 16.6. The molecule has 0 N–H and O–H groups in total. The number of hydrogen-bond donors (Lipinski definition) is 0. The molecule has 1 heterocycles. The Morgan fingerprint density at radius 3 is 2.80 bits per heavy atom. The van der Waals surface area contributed by atoms with Gasteiger partial charge < -0.3 is 0 Å². The molecule has 74 valence electrons. The first-order valence-electron chi connectivity index (χ1n) is 4.33. The Balaban J connectivity index is 2.25. The summed E-state index contributed by atoms with van der Waals surface area (Å²) in [5.74, 6) is 0.189. The van der Waals surface area contributed by atoms with Gasteiger partial charge in [0.2, 0.25) is 11.9 Å². The Morgan fingerprint density at radius 1 is 1.27 bits per heavy atom. The van der Waals surface area contributed by atoms with Crippen molar-refractivity contribution in [2.45, 2.75) is 6.42 Å². The first kappa shape index (κ1) is 9.30. The topological polar surface area (TPSA) is 68.3 Å². The molecule has 0 aliphatic heterocycles. The van der Waals surface area contributed by atoms with Crippen molar-refractivity contribution in [3.63, 3.8) is 0 Å². The van der Waals surface area contributed by atoms with Gasteiger partial charge in [-0.3, -0.25) is 0 Å². The second-order valence-electron chi connectivity index (χ2n) is 2.90. The number of aliphatic imine (C=N–C) groups is 1. The van der Waals surface area contributed by atoms with Crippen LogP contribution < -0.4 is 0 Å². The van der Waals surface area contributed by atoms with E-state index in [-0.39, 0.29) is 5.82 Å². The van der Waals surface area contributed by atoms with Gasteiger partial charge in [0.1, 0.15) is 5.69 Å². The van der Waals surface area contributed by atoms with Crippen LogP contribution in [0.5, 0.6) is 0 Å². The van der Waals surface area contributed by atoms with Gasteiger partial charge in [0, 0.05) is 6.42 Å². The van der Waals surface area contributed by atoms with Crippen LogP contribution in [0.1, 0.15) is 11.3 Å². The Labute approximate surface area is 85.4 Å². The summed E-state index contributed by atoms with van der Waals surface area (Å²) in [4.78, 5) is 13.5. The summed E-state index contributed by atoms with van der Waals surface area (Å²) in [6, 6.07) is 9.66. The highest BCUT2D eigenvalue weighted by Crippen LogP contribution is 2.16. The molecular formula is C10H7N3O2. The maximum absolute atomic E-state index is 10.1. The summed E-state index contributed by atoms with van der Waals surface area (Å²) in [7, 11) is 0. The SMILES string of the molecule is O=C=Nc1nonc1Cc1ccccc1. The summed E-state index contributed by atoms with van der Waals surface area (Å²) in [6.45, 7) is 0. The number of nitrogens with zero attached hydrogens (tertiary/aromatic N) is 3. The van der Waals surface area contributed by atoms with Crippen LogP contribution in [0.2, 0.25) is 0 Å². The standard InChI is InChI=1S/C10H7N3O2/c14-7-11-10-9(12-15-13-10)6-8-4-2-1-3-5-8/h1-5H,6H2. The van der Waals surface area contributed by atoms with Crippen LogP contribution in [0, 0.1) is 0 Å². The predicted octanol–water partition coefficient (Wildman–Crippen LogP) is 1.63. The molecule has 0 aliphatic rings. The van der Waals surface area contributed by atoms with Crippen LogP contribution in [0.4, 0.5) is 5.82 Å². The van der Waals surface area contributed by atoms with E-state index in [9.17, 15) is 4.79 Å². The van der Waals surface area contributed by atoms with Gasteiger partial charge in [0.15, 0.2) is 0 Å². The van der Waals surface area contributed by atoms with Crippen LogP contribution in [0.3, 0.4) is 0 Å². The van der Waals surface area contributed by atoms with Crippen molar-refractivity contribution in [1.29, 1.82) is 0 Å². The van der Waals surface area contributed by atoms with Gasteiger partial charge in [-0.2, -0.15) is 0 Å². The molecule has 0 aliphatic carbocycles. The third-order valence-corrected chi connectivity index (χ3v) is 1.90. The summed E-state index contributed by atoms with van der Waals surface area (Å²) in [5, 5.41) is 7.16. The second-order valence-corrected chi connectivity index (χ2v) is 2.90. The zero-order valence-corrected chi connectivity index (χ0v) is 7.75. The van der Waals surface area contributed by atoms with Gasteiger partial charge in [-0.1, -0.05) is 35.5 Å². The average molecular weight is 201 g/mol. The summed E-state index contributed by atoms with van der Waals surface area (Å²) in [5.41, 5.74) is 1.58. The molecule has 15 heavy (non-hydrogen) atoms. The zero-order chi connectivity index (χ0) is 10.5. The molecule has 1 aromatic heterocycles. The molecular weight excluding hydrogens is 194 g/mol. The fourth-order valence-electron chi connectivity index (χ4n) is 1.23. The molecule has 5 nitrogen and oxygen atoms in total. The molecule has 2 rings (SSSR count). The third kappa shape index (κ3) is 2.15. The first-order chi connectivity index (χ1) is 7.40. The van der Waals surface area contributed by atoms with Gasteiger partial charge in [-0.25, -0.2) is 9.42 Å². The van der Waals surface area contributed by atoms with Gasteiger partial charge in [0.25, 0.3) is 0 Å². The van der Waals surface area contributed by atoms with E-state index in [4.69, 9.17) is 0 Å². The van der Waals surface area contributed by atoms with Crippen LogP contribution in [-0.4, -0.2) is 16.4 Å². The van der Waals surface area contributed by atoms with E-state index in [1.165, 1.54) is 6.08 Å². The fourth-order valence-corrected chi connectivity index (χ4v) is 1.23. The van der Waals surface area contributed by atoms with Crippen molar-refractivity contribution in [3.8, 4) is 0 Å². The van der Waals surface area contributed by atoms with E-state index in [0.29, 0.717) is 12.1 Å². The maximum atomic E-state index is 10.1. The van der Waals surface area contributed by atoms with Gasteiger partial charge in [-0.05, 0) is 10.7 Å². The Hall–Kier alpha value is -2.26. The molecule has 5 heteroatoms. The van der Waals surface area contributed by atoms with Crippen molar-refractivity contribution in [1.82, 2.24) is 10.3 Å². The van der Waals surface area contributed by atoms with Crippen LogP contribution in [0.25, 0.3) is 0 Å². The lowest BCUT2D eigenvalue weighted by atomic mass is 10.1. The van der Waals surface area contributed by atoms with E-state index in [0.717, 1.165) is 5.56 Å². The van der Waals surface area contributed by atoms with Crippen LogP contribution in [-0.2, 0) is 11.2 Å². The van der Waals surface area contributed by atoms with E-state index in [2.05, 4.69) is 19.9 Å². The molecule has 1 aromatic carbocycles. The number of aromatic nitrogens is 2. The van der Waals surface area contributed by atoms with Gasteiger partial charge >= 0.3 is 0 Å². The summed E-state index contributed by atoms with van der Waals surface area (Å²) >= 11 is 0. The van der Waals surface area contributed by atoms with Gasteiger partial charge in [-0.15, -0.1) is 4.99 Å². The molecule has 0 saturated carbocycles. The number of isocyanates is 1. The molecule has 0 unspecified atom stereocenters. The average Bonchev–Trinajstić information content (AvgIpc) is 2.68. The minimum absolute atomic E-state index is 0.189. The molecule has 0 saturated heterocycles. The first-order valence-corrected chi connectivity index (χ1v) is 4.33. The van der Waals surface area contributed by atoms with Gasteiger partial charge in [0.05, 0.1) is 0 Å². The number of rotatable bonds is 3. The number of hydrogen-bond acceptors (Lipinski definition) is 5. The van der Waals surface area contributed by atoms with E-state index < -0.39 is 0 Å². The lowest BCUT2D eigenvalue weighted by Gasteiger charge is -1.95. The normalized spacial score (nSPS) is 9.60. The van der Waals surface area contributed by atoms with Crippen LogP contribution >= 0.6 is 0 Å². The monoisotopic (exact) mass is 201 g/mol. The van der Waals surface area contributed by atoms with E-state index in [1.807, 2.05) is 30.3 Å². The van der Waals surface area contributed by atoms with Crippen molar-refractivity contribution in [2.24, 2.45) is 4.99 Å². The van der Waals surface area contributed by atoms with Crippen LogP contribution in [0.15, 0.2) is 40.0 Å². The minimum atomic E-state index is 0.189. The smallest absolute Gasteiger partial charge is 0.242 e. The fraction of sp³-hybridized carbons (Fsp3) is 0.100. The Kier molecular flexibility index (Phi) is 2.67. The lowest BCUT2D eigenvalue weighted by molar-refractivity contribution is 0.305. The van der Waals surface area contributed by atoms with E-state index >= 15 is 0 Å². The van der Waals surface area contributed by atoms with Crippen molar-refractivity contribution in [3.05, 3.63) is 41.6 Å². The van der Waals surface area contributed by atoms with Crippen molar-refractivity contribution >= 4 is 11.9 Å². The highest BCUT2D eigenvalue weighted by Gasteiger charge is 2.09. The summed E-state index contributed by atoms with van der Waals surface area (Å²) < 4.78 is 4.50. The minimum Gasteiger partial charge on any atom is -0.242 e. The Bertz CT molecular complexity index is 486. The predicted molar refractivity (Wildman–Crippen MR) is 51.3 cm³/mol. The Morgan fingerprint density at radius 2 is 2.07 bits per heavy atom. The molecule has 0 spiro atoms. The number of carbonyl (C=O) groups excluding carboxylic acids is 1. The second kappa shape index (κ2) is 4.30.